The summed E-state index contributed by atoms with van der Waals surface area (Å²) < 4.78 is 17.4. The topological polar surface area (TPSA) is 53.7 Å². The second kappa shape index (κ2) is 6.78. The van der Waals surface area contributed by atoms with E-state index in [0.717, 1.165) is 21.5 Å². The number of ether oxygens (including phenoxy) is 3. The second-order valence-corrected chi connectivity index (χ2v) is 5.78. The molecule has 2 rings (SSSR count). The van der Waals surface area contributed by atoms with E-state index in [-0.39, 0.29) is 12.1 Å². The van der Waals surface area contributed by atoms with Crippen molar-refractivity contribution in [2.45, 2.75) is 31.9 Å². The summed E-state index contributed by atoms with van der Waals surface area (Å²) in [6.07, 6.45) is 2.44. The summed E-state index contributed by atoms with van der Waals surface area (Å²) in [6.45, 7) is 2.68. The lowest BCUT2D eigenvalue weighted by atomic mass is 9.97. The molecule has 0 spiro atoms. The molecule has 1 aromatic rings. The highest BCUT2D eigenvalue weighted by Crippen LogP contribution is 2.44. The quantitative estimate of drug-likeness (QED) is 0.825. The van der Waals surface area contributed by atoms with Crippen LogP contribution in [-0.4, -0.2) is 26.9 Å². The largest absolute Gasteiger partial charge is 0.495 e. The van der Waals surface area contributed by atoms with Gasteiger partial charge in [0.25, 0.3) is 0 Å². The normalized spacial score (nSPS) is 17.6. The molecule has 0 heterocycles. The maximum Gasteiger partial charge on any atom is 0.141 e. The first-order chi connectivity index (χ1) is 9.63. The van der Waals surface area contributed by atoms with Gasteiger partial charge >= 0.3 is 0 Å². The van der Waals surface area contributed by atoms with Crippen molar-refractivity contribution in [2.75, 3.05) is 20.8 Å². The van der Waals surface area contributed by atoms with Crippen LogP contribution in [0.4, 0.5) is 0 Å². The summed E-state index contributed by atoms with van der Waals surface area (Å²) in [5.74, 6) is 2.02. The lowest BCUT2D eigenvalue weighted by Gasteiger charge is -2.26. The van der Waals surface area contributed by atoms with Gasteiger partial charge in [-0.2, -0.15) is 0 Å². The van der Waals surface area contributed by atoms with E-state index in [2.05, 4.69) is 15.9 Å². The van der Waals surface area contributed by atoms with E-state index in [1.807, 2.05) is 19.1 Å². The van der Waals surface area contributed by atoms with Crippen LogP contribution in [0.25, 0.3) is 0 Å². The van der Waals surface area contributed by atoms with E-state index in [4.69, 9.17) is 19.9 Å². The summed E-state index contributed by atoms with van der Waals surface area (Å²) in [4.78, 5) is 0. The molecule has 0 radical (unpaired) electrons. The molecule has 0 saturated heterocycles. The zero-order valence-corrected chi connectivity index (χ0v) is 13.8. The van der Waals surface area contributed by atoms with Crippen molar-refractivity contribution in [1.29, 1.82) is 0 Å². The Morgan fingerprint density at radius 1 is 1.30 bits per heavy atom. The van der Waals surface area contributed by atoms with Gasteiger partial charge in [0.1, 0.15) is 16.0 Å². The van der Waals surface area contributed by atoms with Gasteiger partial charge in [-0.1, -0.05) is 0 Å². The molecule has 112 valence electrons. The van der Waals surface area contributed by atoms with Gasteiger partial charge < -0.3 is 19.9 Å². The Bertz CT molecular complexity index is 463. The third kappa shape index (κ3) is 3.10. The van der Waals surface area contributed by atoms with E-state index < -0.39 is 0 Å². The molecular formula is C15H22BrNO3. The Morgan fingerprint density at radius 2 is 2.00 bits per heavy atom. The van der Waals surface area contributed by atoms with Gasteiger partial charge in [0.05, 0.1) is 26.4 Å². The van der Waals surface area contributed by atoms with Gasteiger partial charge in [0.2, 0.25) is 0 Å². The van der Waals surface area contributed by atoms with Crippen LogP contribution in [-0.2, 0) is 4.74 Å². The molecule has 2 atom stereocenters. The SMILES string of the molecule is CCOC(C1CC1)C(N)c1ccc(OC)c(Br)c1OC. The van der Waals surface area contributed by atoms with Gasteiger partial charge in [0.15, 0.2) is 0 Å². The molecule has 1 aromatic carbocycles. The lowest BCUT2D eigenvalue weighted by Crippen LogP contribution is -2.31. The number of hydrogen-bond acceptors (Lipinski definition) is 4. The second-order valence-electron chi connectivity index (χ2n) is 4.99. The highest BCUT2D eigenvalue weighted by Gasteiger charge is 2.37. The van der Waals surface area contributed by atoms with Gasteiger partial charge in [-0.15, -0.1) is 0 Å². The highest BCUT2D eigenvalue weighted by atomic mass is 79.9. The average Bonchev–Trinajstić information content (AvgIpc) is 3.28. The number of rotatable bonds is 7. The van der Waals surface area contributed by atoms with Crippen molar-refractivity contribution in [3.63, 3.8) is 0 Å². The number of benzene rings is 1. The Balaban J connectivity index is 2.32. The third-order valence-electron chi connectivity index (χ3n) is 3.67. The first-order valence-corrected chi connectivity index (χ1v) is 7.70. The summed E-state index contributed by atoms with van der Waals surface area (Å²) in [6, 6.07) is 3.67. The summed E-state index contributed by atoms with van der Waals surface area (Å²) in [7, 11) is 3.27. The van der Waals surface area contributed by atoms with Crippen molar-refractivity contribution in [3.8, 4) is 11.5 Å². The molecule has 5 heteroatoms. The van der Waals surface area contributed by atoms with Crippen LogP contribution in [0.2, 0.25) is 0 Å². The van der Waals surface area contributed by atoms with Crippen molar-refractivity contribution >= 4 is 15.9 Å². The molecule has 0 amide bonds. The summed E-state index contributed by atoms with van der Waals surface area (Å²) in [5.41, 5.74) is 7.39. The van der Waals surface area contributed by atoms with Crippen molar-refractivity contribution in [2.24, 2.45) is 11.7 Å². The van der Waals surface area contributed by atoms with E-state index in [1.165, 1.54) is 12.8 Å². The molecule has 1 fully saturated rings. The molecule has 1 aliphatic rings. The zero-order chi connectivity index (χ0) is 14.7. The Morgan fingerprint density at radius 3 is 2.50 bits per heavy atom. The molecular weight excluding hydrogens is 322 g/mol. The van der Waals surface area contributed by atoms with E-state index >= 15 is 0 Å². The number of hydrogen-bond donors (Lipinski definition) is 1. The van der Waals surface area contributed by atoms with Crippen LogP contribution in [0.15, 0.2) is 16.6 Å². The zero-order valence-electron chi connectivity index (χ0n) is 12.2. The Labute approximate surface area is 128 Å². The van der Waals surface area contributed by atoms with E-state index in [1.54, 1.807) is 14.2 Å². The van der Waals surface area contributed by atoms with Crippen LogP contribution in [0, 0.1) is 5.92 Å². The first-order valence-electron chi connectivity index (χ1n) is 6.91. The minimum Gasteiger partial charge on any atom is -0.495 e. The van der Waals surface area contributed by atoms with Crippen LogP contribution < -0.4 is 15.2 Å². The minimum atomic E-state index is -0.195. The number of nitrogens with two attached hydrogens (primary N) is 1. The van der Waals surface area contributed by atoms with E-state index in [0.29, 0.717) is 12.5 Å². The molecule has 0 bridgehead atoms. The van der Waals surface area contributed by atoms with Gasteiger partial charge in [-0.3, -0.25) is 0 Å². The standard InChI is InChI=1S/C15H22BrNO3/c1-4-20-14(9-5-6-9)13(17)10-7-8-11(18-2)12(16)15(10)19-3/h7-9,13-14H,4-6,17H2,1-3H3. The maximum absolute atomic E-state index is 6.44. The molecule has 2 N–H and O–H groups in total. The molecule has 20 heavy (non-hydrogen) atoms. The monoisotopic (exact) mass is 343 g/mol. The molecule has 1 aliphatic carbocycles. The molecule has 0 aliphatic heterocycles. The fourth-order valence-corrected chi connectivity index (χ4v) is 3.19. The fraction of sp³-hybridized carbons (Fsp3) is 0.600. The van der Waals surface area contributed by atoms with Crippen molar-refractivity contribution in [3.05, 3.63) is 22.2 Å². The van der Waals surface area contributed by atoms with E-state index in [9.17, 15) is 0 Å². The Hall–Kier alpha value is -0.780. The van der Waals surface area contributed by atoms with Gasteiger partial charge in [-0.25, -0.2) is 0 Å². The first kappa shape index (κ1) is 15.6. The highest BCUT2D eigenvalue weighted by molar-refractivity contribution is 9.10. The maximum atomic E-state index is 6.44. The third-order valence-corrected chi connectivity index (χ3v) is 4.43. The average molecular weight is 344 g/mol. The predicted molar refractivity (Wildman–Crippen MR) is 82.3 cm³/mol. The van der Waals surface area contributed by atoms with Gasteiger partial charge in [-0.05, 0) is 53.7 Å². The van der Waals surface area contributed by atoms with Crippen molar-refractivity contribution in [1.82, 2.24) is 0 Å². The van der Waals surface area contributed by atoms with Crippen molar-refractivity contribution < 1.29 is 14.2 Å². The van der Waals surface area contributed by atoms with Crippen LogP contribution in [0.3, 0.4) is 0 Å². The molecule has 1 saturated carbocycles. The van der Waals surface area contributed by atoms with Gasteiger partial charge in [0, 0.05) is 12.2 Å². The predicted octanol–water partition coefficient (Wildman–Crippen LogP) is 3.28. The summed E-state index contributed by atoms with van der Waals surface area (Å²) in [5, 5.41) is 0. The molecule has 2 unspecified atom stereocenters. The van der Waals surface area contributed by atoms with Crippen LogP contribution in [0.5, 0.6) is 11.5 Å². The lowest BCUT2D eigenvalue weighted by molar-refractivity contribution is 0.0277. The number of methoxy groups -OCH3 is 2. The van der Waals surface area contributed by atoms with Crippen LogP contribution >= 0.6 is 15.9 Å². The molecule has 0 aromatic heterocycles. The summed E-state index contributed by atoms with van der Waals surface area (Å²) >= 11 is 3.52. The minimum absolute atomic E-state index is 0.0502. The number of halogens is 1. The fourth-order valence-electron chi connectivity index (χ4n) is 2.51. The van der Waals surface area contributed by atoms with Crippen LogP contribution in [0.1, 0.15) is 31.4 Å². The smallest absolute Gasteiger partial charge is 0.141 e. The molecule has 4 nitrogen and oxygen atoms in total. The Kier molecular flexibility index (Phi) is 5.29.